The van der Waals surface area contributed by atoms with Crippen LogP contribution in [0.4, 0.5) is 10.1 Å². The number of anilines is 1. The van der Waals surface area contributed by atoms with Crippen LogP contribution in [0.3, 0.4) is 0 Å². The fraction of sp³-hybridized carbons (Fsp3) is 0.400. The van der Waals surface area contributed by atoms with Gasteiger partial charge in [0.05, 0.1) is 6.61 Å². The van der Waals surface area contributed by atoms with Gasteiger partial charge in [0.25, 0.3) is 0 Å². The molecule has 1 aliphatic heterocycles. The van der Waals surface area contributed by atoms with E-state index in [1.165, 1.54) is 23.4 Å². The SMILES string of the molecule is CN(C)c1ccc(CN2CCOC(COc3cccc(F)c3)C2)cc1. The summed E-state index contributed by atoms with van der Waals surface area (Å²) < 4.78 is 24.6. The summed E-state index contributed by atoms with van der Waals surface area (Å²) in [5, 5.41) is 0. The third kappa shape index (κ3) is 5.18. The Kier molecular flexibility index (Phi) is 5.89. The number of ether oxygens (including phenoxy) is 2. The summed E-state index contributed by atoms with van der Waals surface area (Å²) in [6, 6.07) is 14.8. The lowest BCUT2D eigenvalue weighted by Crippen LogP contribution is -2.44. The third-order valence-electron chi connectivity index (χ3n) is 4.31. The Morgan fingerprint density at radius 2 is 2.00 bits per heavy atom. The molecule has 1 heterocycles. The Bertz CT molecular complexity index is 676. The molecule has 134 valence electrons. The van der Waals surface area contributed by atoms with Gasteiger partial charge >= 0.3 is 0 Å². The Balaban J connectivity index is 1.50. The quantitative estimate of drug-likeness (QED) is 0.804. The minimum Gasteiger partial charge on any atom is -0.491 e. The summed E-state index contributed by atoms with van der Waals surface area (Å²) in [6.07, 6.45) is -0.00179. The molecule has 0 amide bonds. The van der Waals surface area contributed by atoms with E-state index in [9.17, 15) is 4.39 Å². The standard InChI is InChI=1S/C20H25FN2O2/c1-22(2)18-8-6-16(7-9-18)13-23-10-11-24-20(14-23)15-25-19-5-3-4-17(21)12-19/h3-9,12,20H,10-11,13-15H2,1-2H3. The molecular formula is C20H25FN2O2. The lowest BCUT2D eigenvalue weighted by molar-refractivity contribution is -0.0504. The zero-order valence-corrected chi connectivity index (χ0v) is 14.8. The number of hydrogen-bond donors (Lipinski definition) is 0. The molecule has 1 unspecified atom stereocenters. The number of hydrogen-bond acceptors (Lipinski definition) is 4. The van der Waals surface area contributed by atoms with Gasteiger partial charge < -0.3 is 14.4 Å². The van der Waals surface area contributed by atoms with Gasteiger partial charge in [-0.1, -0.05) is 18.2 Å². The van der Waals surface area contributed by atoms with Crippen LogP contribution >= 0.6 is 0 Å². The summed E-state index contributed by atoms with van der Waals surface area (Å²) in [4.78, 5) is 4.46. The van der Waals surface area contributed by atoms with Crippen molar-refractivity contribution < 1.29 is 13.9 Å². The first-order chi connectivity index (χ1) is 12.1. The van der Waals surface area contributed by atoms with Crippen LogP contribution in [0.5, 0.6) is 5.75 Å². The first kappa shape index (κ1) is 17.7. The average molecular weight is 344 g/mol. The monoisotopic (exact) mass is 344 g/mol. The molecule has 0 aliphatic carbocycles. The molecule has 0 spiro atoms. The van der Waals surface area contributed by atoms with Crippen molar-refractivity contribution in [3.63, 3.8) is 0 Å². The van der Waals surface area contributed by atoms with Gasteiger partial charge in [0, 0.05) is 45.5 Å². The maximum atomic E-state index is 13.2. The summed E-state index contributed by atoms with van der Waals surface area (Å²) >= 11 is 0. The van der Waals surface area contributed by atoms with E-state index >= 15 is 0 Å². The number of benzene rings is 2. The molecule has 1 aliphatic rings. The zero-order chi connectivity index (χ0) is 17.6. The number of nitrogens with zero attached hydrogens (tertiary/aromatic N) is 2. The topological polar surface area (TPSA) is 24.9 Å². The highest BCUT2D eigenvalue weighted by molar-refractivity contribution is 5.45. The van der Waals surface area contributed by atoms with E-state index in [1.54, 1.807) is 12.1 Å². The molecule has 2 aromatic carbocycles. The second-order valence-electron chi connectivity index (χ2n) is 6.56. The molecule has 0 aromatic heterocycles. The summed E-state index contributed by atoms with van der Waals surface area (Å²) in [5.41, 5.74) is 2.49. The minimum atomic E-state index is -0.287. The molecule has 0 saturated carbocycles. The molecule has 1 fully saturated rings. The molecule has 1 saturated heterocycles. The van der Waals surface area contributed by atoms with Gasteiger partial charge in [-0.15, -0.1) is 0 Å². The highest BCUT2D eigenvalue weighted by Gasteiger charge is 2.21. The Labute approximate surface area is 148 Å². The second-order valence-corrected chi connectivity index (χ2v) is 6.56. The van der Waals surface area contributed by atoms with Gasteiger partial charge in [-0.25, -0.2) is 4.39 Å². The van der Waals surface area contributed by atoms with Gasteiger partial charge in [-0.05, 0) is 29.8 Å². The molecule has 0 N–H and O–H groups in total. The van der Waals surface area contributed by atoms with Crippen molar-refractivity contribution in [1.29, 1.82) is 0 Å². The van der Waals surface area contributed by atoms with Crippen LogP contribution in [0.1, 0.15) is 5.56 Å². The molecule has 3 rings (SSSR count). The normalized spacial score (nSPS) is 18.1. The summed E-state index contributed by atoms with van der Waals surface area (Å²) in [5.74, 6) is 0.254. The molecule has 5 heteroatoms. The van der Waals surface area contributed by atoms with Crippen molar-refractivity contribution in [2.45, 2.75) is 12.6 Å². The predicted octanol–water partition coefficient (Wildman–Crippen LogP) is 3.17. The smallest absolute Gasteiger partial charge is 0.126 e. The minimum absolute atomic E-state index is 0.00179. The van der Waals surface area contributed by atoms with Crippen LogP contribution in [0, 0.1) is 5.82 Å². The average Bonchev–Trinajstić information content (AvgIpc) is 2.61. The second kappa shape index (κ2) is 8.32. The van der Waals surface area contributed by atoms with Crippen LogP contribution in [0.15, 0.2) is 48.5 Å². The number of rotatable bonds is 6. The van der Waals surface area contributed by atoms with Crippen molar-refractivity contribution in [3.8, 4) is 5.75 Å². The summed E-state index contributed by atoms with van der Waals surface area (Å²) in [7, 11) is 4.08. The van der Waals surface area contributed by atoms with E-state index in [2.05, 4.69) is 34.1 Å². The van der Waals surface area contributed by atoms with Crippen LogP contribution in [0.25, 0.3) is 0 Å². The Morgan fingerprint density at radius 1 is 1.20 bits per heavy atom. The third-order valence-corrected chi connectivity index (χ3v) is 4.31. The van der Waals surface area contributed by atoms with E-state index < -0.39 is 0 Å². The van der Waals surface area contributed by atoms with E-state index in [0.29, 0.717) is 19.0 Å². The fourth-order valence-electron chi connectivity index (χ4n) is 2.93. The first-order valence-corrected chi connectivity index (χ1v) is 8.59. The van der Waals surface area contributed by atoms with Crippen LogP contribution < -0.4 is 9.64 Å². The number of morpholine rings is 1. The van der Waals surface area contributed by atoms with Gasteiger partial charge in [-0.3, -0.25) is 4.90 Å². The van der Waals surface area contributed by atoms with Crippen molar-refractivity contribution in [3.05, 3.63) is 59.9 Å². The predicted molar refractivity (Wildman–Crippen MR) is 97.7 cm³/mol. The van der Waals surface area contributed by atoms with Crippen LogP contribution in [-0.2, 0) is 11.3 Å². The van der Waals surface area contributed by atoms with E-state index in [1.807, 2.05) is 14.1 Å². The lowest BCUT2D eigenvalue weighted by Gasteiger charge is -2.32. The molecule has 2 aromatic rings. The maximum absolute atomic E-state index is 13.2. The molecule has 4 nitrogen and oxygen atoms in total. The molecule has 0 bridgehead atoms. The largest absolute Gasteiger partial charge is 0.491 e. The van der Waals surface area contributed by atoms with Crippen LogP contribution in [-0.4, -0.2) is 51.4 Å². The van der Waals surface area contributed by atoms with Crippen molar-refractivity contribution >= 4 is 5.69 Å². The van der Waals surface area contributed by atoms with E-state index in [4.69, 9.17) is 9.47 Å². The maximum Gasteiger partial charge on any atom is 0.126 e. The fourth-order valence-corrected chi connectivity index (χ4v) is 2.93. The van der Waals surface area contributed by atoms with Gasteiger partial charge in [0.2, 0.25) is 0 Å². The van der Waals surface area contributed by atoms with Crippen molar-refractivity contribution in [2.75, 3.05) is 45.3 Å². The Morgan fingerprint density at radius 3 is 2.72 bits per heavy atom. The Hall–Kier alpha value is -2.11. The van der Waals surface area contributed by atoms with Crippen molar-refractivity contribution in [2.24, 2.45) is 0 Å². The number of halogens is 1. The van der Waals surface area contributed by atoms with Gasteiger partial charge in [-0.2, -0.15) is 0 Å². The molecule has 0 radical (unpaired) electrons. The van der Waals surface area contributed by atoms with Crippen LogP contribution in [0.2, 0.25) is 0 Å². The molecular weight excluding hydrogens is 319 g/mol. The molecule has 25 heavy (non-hydrogen) atoms. The van der Waals surface area contributed by atoms with Gasteiger partial charge in [0.1, 0.15) is 24.3 Å². The highest BCUT2D eigenvalue weighted by Crippen LogP contribution is 2.17. The van der Waals surface area contributed by atoms with Crippen molar-refractivity contribution in [1.82, 2.24) is 4.90 Å². The van der Waals surface area contributed by atoms with E-state index in [0.717, 1.165) is 19.6 Å². The first-order valence-electron chi connectivity index (χ1n) is 8.59. The van der Waals surface area contributed by atoms with E-state index in [-0.39, 0.29) is 11.9 Å². The lowest BCUT2D eigenvalue weighted by atomic mass is 10.1. The zero-order valence-electron chi connectivity index (χ0n) is 14.8. The highest BCUT2D eigenvalue weighted by atomic mass is 19.1. The van der Waals surface area contributed by atoms with Gasteiger partial charge in [0.15, 0.2) is 0 Å². The molecule has 1 atom stereocenters. The summed E-state index contributed by atoms with van der Waals surface area (Å²) in [6.45, 7) is 3.73.